The third kappa shape index (κ3) is 1.93. The minimum atomic E-state index is 0.519. The van der Waals surface area contributed by atoms with E-state index < -0.39 is 0 Å². The van der Waals surface area contributed by atoms with Gasteiger partial charge in [-0.15, -0.1) is 0 Å². The Morgan fingerprint density at radius 3 is 2.89 bits per heavy atom. The molecule has 3 heteroatoms. The zero-order chi connectivity index (χ0) is 12.7. The van der Waals surface area contributed by atoms with Gasteiger partial charge in [-0.2, -0.15) is 0 Å². The maximum atomic E-state index is 5.64. The summed E-state index contributed by atoms with van der Waals surface area (Å²) in [7, 11) is 2.13. The standard InChI is InChI=1S/C15H21N3/c1-10(7-8-16)12-5-6-14-13(9-12)17-15(18(14)2)11-3-4-11/h5-6,9-11H,3-4,7-8,16H2,1-2H3. The number of aryl methyl sites for hydroxylation is 1. The van der Waals surface area contributed by atoms with Crippen LogP contribution in [0, 0.1) is 0 Å². The van der Waals surface area contributed by atoms with Gasteiger partial charge in [-0.3, -0.25) is 0 Å². The molecule has 3 nitrogen and oxygen atoms in total. The molecule has 1 saturated carbocycles. The summed E-state index contributed by atoms with van der Waals surface area (Å²) in [5.41, 5.74) is 9.38. The van der Waals surface area contributed by atoms with Crippen molar-refractivity contribution in [2.75, 3.05) is 6.54 Å². The van der Waals surface area contributed by atoms with E-state index in [4.69, 9.17) is 10.7 Å². The van der Waals surface area contributed by atoms with Gasteiger partial charge in [-0.05, 0) is 49.4 Å². The minimum absolute atomic E-state index is 0.519. The lowest BCUT2D eigenvalue weighted by atomic mass is 9.97. The molecule has 1 unspecified atom stereocenters. The average Bonchev–Trinajstić information content (AvgIpc) is 3.15. The first-order valence-corrected chi connectivity index (χ1v) is 6.87. The third-order valence-electron chi connectivity index (χ3n) is 4.05. The molecule has 96 valence electrons. The summed E-state index contributed by atoms with van der Waals surface area (Å²) < 4.78 is 2.25. The van der Waals surface area contributed by atoms with Crippen LogP contribution in [0.5, 0.6) is 0 Å². The molecule has 1 atom stereocenters. The Morgan fingerprint density at radius 1 is 1.44 bits per heavy atom. The Balaban J connectivity index is 2.01. The lowest BCUT2D eigenvalue weighted by molar-refractivity contribution is 0.691. The van der Waals surface area contributed by atoms with Crippen LogP contribution in [0.25, 0.3) is 11.0 Å². The zero-order valence-electron chi connectivity index (χ0n) is 11.2. The lowest BCUT2D eigenvalue weighted by Crippen LogP contribution is -2.04. The molecule has 1 aliphatic rings. The van der Waals surface area contributed by atoms with E-state index in [1.165, 1.54) is 29.7 Å². The molecule has 1 heterocycles. The number of hydrogen-bond acceptors (Lipinski definition) is 2. The molecule has 1 aromatic heterocycles. The summed E-state index contributed by atoms with van der Waals surface area (Å²) in [4.78, 5) is 4.81. The Hall–Kier alpha value is -1.35. The van der Waals surface area contributed by atoms with E-state index in [1.54, 1.807) is 0 Å². The average molecular weight is 243 g/mol. The molecule has 0 spiro atoms. The summed E-state index contributed by atoms with van der Waals surface area (Å²) in [6, 6.07) is 6.67. The first-order chi connectivity index (χ1) is 8.70. The normalized spacial score (nSPS) is 17.3. The van der Waals surface area contributed by atoms with E-state index >= 15 is 0 Å². The van der Waals surface area contributed by atoms with Crippen LogP contribution in [0.1, 0.15) is 49.4 Å². The van der Waals surface area contributed by atoms with Crippen molar-refractivity contribution in [1.29, 1.82) is 0 Å². The molecule has 1 fully saturated rings. The summed E-state index contributed by atoms with van der Waals surface area (Å²) in [5, 5.41) is 0. The topological polar surface area (TPSA) is 43.8 Å². The van der Waals surface area contributed by atoms with Crippen molar-refractivity contribution in [2.45, 2.75) is 38.0 Å². The van der Waals surface area contributed by atoms with Crippen molar-refractivity contribution in [3.63, 3.8) is 0 Å². The van der Waals surface area contributed by atoms with Gasteiger partial charge in [0.05, 0.1) is 11.0 Å². The van der Waals surface area contributed by atoms with Crippen molar-refractivity contribution in [1.82, 2.24) is 9.55 Å². The first-order valence-electron chi connectivity index (χ1n) is 6.87. The van der Waals surface area contributed by atoms with Crippen molar-refractivity contribution >= 4 is 11.0 Å². The number of rotatable bonds is 4. The number of nitrogens with two attached hydrogens (primary N) is 1. The van der Waals surface area contributed by atoms with Crippen molar-refractivity contribution < 1.29 is 0 Å². The van der Waals surface area contributed by atoms with E-state index in [9.17, 15) is 0 Å². The van der Waals surface area contributed by atoms with Gasteiger partial charge in [0.25, 0.3) is 0 Å². The predicted octanol–water partition coefficient (Wildman–Crippen LogP) is 2.90. The van der Waals surface area contributed by atoms with E-state index in [1.807, 2.05) is 0 Å². The van der Waals surface area contributed by atoms with Crippen LogP contribution in [-0.4, -0.2) is 16.1 Å². The maximum Gasteiger partial charge on any atom is 0.112 e. The maximum absolute atomic E-state index is 5.64. The Labute approximate surface area is 108 Å². The molecule has 0 bridgehead atoms. The van der Waals surface area contributed by atoms with E-state index in [2.05, 4.69) is 36.7 Å². The van der Waals surface area contributed by atoms with Crippen LogP contribution >= 0.6 is 0 Å². The molecule has 0 amide bonds. The van der Waals surface area contributed by atoms with Gasteiger partial charge in [0.2, 0.25) is 0 Å². The summed E-state index contributed by atoms with van der Waals surface area (Å²) in [6.45, 7) is 2.98. The molecule has 0 saturated heterocycles. The van der Waals surface area contributed by atoms with Crippen LogP contribution in [0.3, 0.4) is 0 Å². The molecular weight excluding hydrogens is 222 g/mol. The summed E-state index contributed by atoms with van der Waals surface area (Å²) in [6.07, 6.45) is 3.63. The molecule has 2 N–H and O–H groups in total. The number of nitrogens with zero attached hydrogens (tertiary/aromatic N) is 2. The molecular formula is C15H21N3. The van der Waals surface area contributed by atoms with Crippen LogP contribution in [-0.2, 0) is 7.05 Å². The van der Waals surface area contributed by atoms with Crippen molar-refractivity contribution in [2.24, 2.45) is 12.8 Å². The highest BCUT2D eigenvalue weighted by atomic mass is 15.1. The first kappa shape index (κ1) is 11.7. The van der Waals surface area contributed by atoms with Gasteiger partial charge >= 0.3 is 0 Å². The van der Waals surface area contributed by atoms with Gasteiger partial charge < -0.3 is 10.3 Å². The minimum Gasteiger partial charge on any atom is -0.331 e. The molecule has 18 heavy (non-hydrogen) atoms. The monoisotopic (exact) mass is 243 g/mol. The van der Waals surface area contributed by atoms with Crippen LogP contribution < -0.4 is 5.73 Å². The number of hydrogen-bond donors (Lipinski definition) is 1. The van der Waals surface area contributed by atoms with Gasteiger partial charge in [-0.25, -0.2) is 4.98 Å². The van der Waals surface area contributed by atoms with E-state index in [-0.39, 0.29) is 0 Å². The fourth-order valence-corrected chi connectivity index (χ4v) is 2.67. The highest BCUT2D eigenvalue weighted by Gasteiger charge is 2.28. The molecule has 0 aliphatic heterocycles. The Kier molecular flexibility index (Phi) is 2.86. The van der Waals surface area contributed by atoms with E-state index in [0.29, 0.717) is 11.8 Å². The summed E-state index contributed by atoms with van der Waals surface area (Å²) >= 11 is 0. The molecule has 2 aromatic rings. The number of benzene rings is 1. The van der Waals surface area contributed by atoms with Gasteiger partial charge in [0.1, 0.15) is 5.82 Å². The number of imidazole rings is 1. The second kappa shape index (κ2) is 4.39. The van der Waals surface area contributed by atoms with Crippen LogP contribution in [0.15, 0.2) is 18.2 Å². The number of fused-ring (bicyclic) bond motifs is 1. The van der Waals surface area contributed by atoms with Crippen LogP contribution in [0.2, 0.25) is 0 Å². The fourth-order valence-electron chi connectivity index (χ4n) is 2.67. The predicted molar refractivity (Wildman–Crippen MR) is 74.8 cm³/mol. The second-order valence-corrected chi connectivity index (χ2v) is 5.53. The SMILES string of the molecule is CC(CCN)c1ccc2c(c1)nc(C1CC1)n2C. The quantitative estimate of drug-likeness (QED) is 0.897. The van der Waals surface area contributed by atoms with Gasteiger partial charge in [-0.1, -0.05) is 13.0 Å². The Bertz CT molecular complexity index is 566. The molecule has 0 radical (unpaired) electrons. The highest BCUT2D eigenvalue weighted by Crippen LogP contribution is 2.40. The second-order valence-electron chi connectivity index (χ2n) is 5.53. The largest absolute Gasteiger partial charge is 0.331 e. The third-order valence-corrected chi connectivity index (χ3v) is 4.05. The molecule has 3 rings (SSSR count). The fraction of sp³-hybridized carbons (Fsp3) is 0.533. The van der Waals surface area contributed by atoms with E-state index in [0.717, 1.165) is 18.5 Å². The van der Waals surface area contributed by atoms with Gasteiger partial charge in [0.15, 0.2) is 0 Å². The number of aromatic nitrogens is 2. The van der Waals surface area contributed by atoms with Crippen LogP contribution in [0.4, 0.5) is 0 Å². The summed E-state index contributed by atoms with van der Waals surface area (Å²) in [5.74, 6) is 2.48. The smallest absolute Gasteiger partial charge is 0.112 e. The van der Waals surface area contributed by atoms with Gasteiger partial charge in [0, 0.05) is 13.0 Å². The molecule has 1 aliphatic carbocycles. The van der Waals surface area contributed by atoms with Crippen molar-refractivity contribution in [3.8, 4) is 0 Å². The lowest BCUT2D eigenvalue weighted by Gasteiger charge is -2.10. The zero-order valence-corrected chi connectivity index (χ0v) is 11.2. The van der Waals surface area contributed by atoms with Crippen molar-refractivity contribution in [3.05, 3.63) is 29.6 Å². The highest BCUT2D eigenvalue weighted by molar-refractivity contribution is 5.77. The molecule has 1 aromatic carbocycles. The Morgan fingerprint density at radius 2 is 2.22 bits per heavy atom.